The fourth-order valence-corrected chi connectivity index (χ4v) is 5.74. The Kier molecular flexibility index (Phi) is 7.63. The number of nitrogens with zero attached hydrogens (tertiary/aromatic N) is 2. The van der Waals surface area contributed by atoms with Crippen LogP contribution in [0.1, 0.15) is 17.3 Å². The molecule has 0 aliphatic carbocycles. The standard InChI is InChI=1S/C23H17N3O6S3/c1-2-32-21(30)13-7-9-14(10-8-13)24-18(27)11-17-20(29)26(23(31)34-17)12-19(28)35-22-25-15-5-3-4-6-16(15)33-22/h3-11H,2,12H2,1H3,(H,24,27)/b17-11-. The van der Waals surface area contributed by atoms with Crippen LogP contribution in [0.3, 0.4) is 0 Å². The molecule has 1 aromatic heterocycles. The number of thiazole rings is 1. The molecule has 1 saturated heterocycles. The largest absolute Gasteiger partial charge is 0.462 e. The normalized spacial score (nSPS) is 14.5. The summed E-state index contributed by atoms with van der Waals surface area (Å²) in [4.78, 5) is 66.5. The molecular weight excluding hydrogens is 510 g/mol. The van der Waals surface area contributed by atoms with E-state index in [9.17, 15) is 24.0 Å². The lowest BCUT2D eigenvalue weighted by molar-refractivity contribution is -0.125. The lowest BCUT2D eigenvalue weighted by Crippen LogP contribution is -2.32. The van der Waals surface area contributed by atoms with Crippen molar-refractivity contribution < 1.29 is 28.7 Å². The van der Waals surface area contributed by atoms with Crippen molar-refractivity contribution in [3.8, 4) is 0 Å². The first-order chi connectivity index (χ1) is 16.8. The summed E-state index contributed by atoms with van der Waals surface area (Å²) >= 11 is 2.80. The monoisotopic (exact) mass is 527 g/mol. The number of benzene rings is 2. The number of amides is 3. The maximum absolute atomic E-state index is 12.6. The number of hydrogen-bond acceptors (Lipinski definition) is 10. The van der Waals surface area contributed by atoms with Crippen molar-refractivity contribution in [2.75, 3.05) is 18.5 Å². The third-order valence-electron chi connectivity index (χ3n) is 4.56. The smallest absolute Gasteiger partial charge is 0.338 e. The lowest BCUT2D eigenvalue weighted by Gasteiger charge is -2.10. The molecule has 1 aliphatic heterocycles. The Balaban J connectivity index is 1.35. The molecule has 4 rings (SSSR count). The second-order valence-corrected chi connectivity index (χ2v) is 10.3. The van der Waals surface area contributed by atoms with Gasteiger partial charge in [0.15, 0.2) is 4.34 Å². The summed E-state index contributed by atoms with van der Waals surface area (Å²) in [7, 11) is 0. The number of anilines is 1. The van der Waals surface area contributed by atoms with Gasteiger partial charge in [0.2, 0.25) is 11.0 Å². The summed E-state index contributed by atoms with van der Waals surface area (Å²) in [5.74, 6) is -1.82. The van der Waals surface area contributed by atoms with Crippen LogP contribution in [0.15, 0.2) is 63.9 Å². The van der Waals surface area contributed by atoms with E-state index in [1.54, 1.807) is 6.92 Å². The molecule has 0 unspecified atom stereocenters. The van der Waals surface area contributed by atoms with Crippen molar-refractivity contribution in [3.05, 3.63) is 65.1 Å². The number of carbonyl (C=O) groups excluding carboxylic acids is 5. The summed E-state index contributed by atoms with van der Waals surface area (Å²) in [6, 6.07) is 13.5. The number of carbonyl (C=O) groups is 5. The average Bonchev–Trinajstić information content (AvgIpc) is 3.34. The van der Waals surface area contributed by atoms with Crippen molar-refractivity contribution in [2.45, 2.75) is 11.3 Å². The van der Waals surface area contributed by atoms with Crippen LogP contribution < -0.4 is 5.32 Å². The second-order valence-electron chi connectivity index (χ2n) is 6.98. The second kappa shape index (κ2) is 10.8. The van der Waals surface area contributed by atoms with Gasteiger partial charge in [0.25, 0.3) is 11.1 Å². The van der Waals surface area contributed by atoms with Crippen LogP contribution in [-0.2, 0) is 19.1 Å². The van der Waals surface area contributed by atoms with E-state index in [-0.39, 0.29) is 11.5 Å². The third-order valence-corrected chi connectivity index (χ3v) is 7.42. The zero-order valence-corrected chi connectivity index (χ0v) is 20.6. The number of thioether (sulfide) groups is 2. The zero-order chi connectivity index (χ0) is 24.9. The Labute approximate surface area is 211 Å². The minimum atomic E-state index is -0.717. The molecule has 0 radical (unpaired) electrons. The number of rotatable bonds is 7. The lowest BCUT2D eigenvalue weighted by atomic mass is 10.2. The number of aromatic nitrogens is 1. The molecule has 3 aromatic rings. The van der Waals surface area contributed by atoms with Gasteiger partial charge in [0.05, 0.1) is 33.8 Å². The zero-order valence-electron chi connectivity index (χ0n) is 18.2. The highest BCUT2D eigenvalue weighted by molar-refractivity contribution is 8.18. The van der Waals surface area contributed by atoms with Crippen LogP contribution in [0.25, 0.3) is 10.2 Å². The molecule has 178 valence electrons. The Morgan fingerprint density at radius 2 is 1.86 bits per heavy atom. The highest BCUT2D eigenvalue weighted by Crippen LogP contribution is 2.33. The molecule has 1 fully saturated rings. The van der Waals surface area contributed by atoms with E-state index in [1.807, 2.05) is 24.3 Å². The first-order valence-electron chi connectivity index (χ1n) is 10.2. The van der Waals surface area contributed by atoms with Crippen LogP contribution in [0.2, 0.25) is 0 Å². The number of imide groups is 1. The Morgan fingerprint density at radius 1 is 1.11 bits per heavy atom. The molecule has 1 N–H and O–H groups in total. The van der Waals surface area contributed by atoms with Crippen molar-refractivity contribution >= 4 is 78.9 Å². The van der Waals surface area contributed by atoms with E-state index >= 15 is 0 Å². The molecule has 0 atom stereocenters. The number of hydrogen-bond donors (Lipinski definition) is 1. The summed E-state index contributed by atoms with van der Waals surface area (Å²) in [5, 5.41) is 1.51. The van der Waals surface area contributed by atoms with Crippen LogP contribution in [0, 0.1) is 0 Å². The molecular formula is C23H17N3O6S3. The maximum atomic E-state index is 12.6. The van der Waals surface area contributed by atoms with E-state index in [0.29, 0.717) is 27.4 Å². The number of nitrogens with one attached hydrogen (secondary N) is 1. The maximum Gasteiger partial charge on any atom is 0.338 e. The topological polar surface area (TPSA) is 123 Å². The minimum absolute atomic E-state index is 0.0894. The molecule has 0 saturated carbocycles. The van der Waals surface area contributed by atoms with Crippen LogP contribution in [0.5, 0.6) is 0 Å². The van der Waals surface area contributed by atoms with Gasteiger partial charge < -0.3 is 10.1 Å². The molecule has 9 nitrogen and oxygen atoms in total. The van der Waals surface area contributed by atoms with Gasteiger partial charge in [-0.1, -0.05) is 12.1 Å². The van der Waals surface area contributed by atoms with E-state index < -0.39 is 34.7 Å². The molecule has 0 bridgehead atoms. The molecule has 35 heavy (non-hydrogen) atoms. The molecule has 2 aromatic carbocycles. The molecule has 3 amide bonds. The number of ether oxygens (including phenoxy) is 1. The van der Waals surface area contributed by atoms with Gasteiger partial charge in [-0.25, -0.2) is 9.78 Å². The molecule has 0 spiro atoms. The van der Waals surface area contributed by atoms with Gasteiger partial charge in [0.1, 0.15) is 0 Å². The summed E-state index contributed by atoms with van der Waals surface area (Å²) in [5.41, 5.74) is 1.49. The van der Waals surface area contributed by atoms with Gasteiger partial charge in [0, 0.05) is 11.8 Å². The number of para-hydroxylation sites is 1. The van der Waals surface area contributed by atoms with Gasteiger partial charge in [-0.05, 0) is 66.8 Å². The van der Waals surface area contributed by atoms with Crippen molar-refractivity contribution in [1.82, 2.24) is 9.88 Å². The SMILES string of the molecule is CCOC(=O)c1ccc(NC(=O)/C=C2\SC(=O)N(CC(=O)Sc3nc4ccccc4s3)C2=O)cc1. The Bertz CT molecular complexity index is 1330. The van der Waals surface area contributed by atoms with E-state index in [2.05, 4.69) is 10.3 Å². The first kappa shape index (κ1) is 24.6. The fraction of sp³-hybridized carbons (Fsp3) is 0.130. The van der Waals surface area contributed by atoms with Crippen LogP contribution >= 0.6 is 34.9 Å². The van der Waals surface area contributed by atoms with E-state index in [1.165, 1.54) is 35.6 Å². The number of fused-ring (bicyclic) bond motifs is 1. The van der Waals surface area contributed by atoms with E-state index in [4.69, 9.17) is 4.74 Å². The van der Waals surface area contributed by atoms with Gasteiger partial charge in [-0.15, -0.1) is 11.3 Å². The third kappa shape index (κ3) is 5.96. The van der Waals surface area contributed by atoms with Gasteiger partial charge in [-0.2, -0.15) is 0 Å². The fourth-order valence-electron chi connectivity index (χ4n) is 2.99. The quantitative estimate of drug-likeness (QED) is 0.272. The average molecular weight is 528 g/mol. The van der Waals surface area contributed by atoms with Crippen molar-refractivity contribution in [1.29, 1.82) is 0 Å². The minimum Gasteiger partial charge on any atom is -0.462 e. The summed E-state index contributed by atoms with van der Waals surface area (Å²) in [6.45, 7) is 1.52. The van der Waals surface area contributed by atoms with Crippen molar-refractivity contribution in [2.24, 2.45) is 0 Å². The first-order valence-corrected chi connectivity index (χ1v) is 12.7. The molecule has 1 aliphatic rings. The summed E-state index contributed by atoms with van der Waals surface area (Å²) in [6.07, 6.45) is 1.01. The Morgan fingerprint density at radius 3 is 2.57 bits per heavy atom. The van der Waals surface area contributed by atoms with E-state index in [0.717, 1.165) is 33.0 Å². The van der Waals surface area contributed by atoms with Gasteiger partial charge in [-0.3, -0.25) is 24.1 Å². The van der Waals surface area contributed by atoms with Crippen LogP contribution in [-0.4, -0.2) is 51.2 Å². The van der Waals surface area contributed by atoms with Crippen LogP contribution in [0.4, 0.5) is 10.5 Å². The van der Waals surface area contributed by atoms with Gasteiger partial charge >= 0.3 is 5.97 Å². The summed E-state index contributed by atoms with van der Waals surface area (Å²) < 4.78 is 6.35. The Hall–Kier alpha value is -3.48. The molecule has 12 heteroatoms. The highest BCUT2D eigenvalue weighted by Gasteiger charge is 2.37. The predicted molar refractivity (Wildman–Crippen MR) is 134 cm³/mol. The molecule has 2 heterocycles. The predicted octanol–water partition coefficient (Wildman–Crippen LogP) is 4.31. The highest BCUT2D eigenvalue weighted by atomic mass is 32.2. The number of esters is 1. The van der Waals surface area contributed by atoms with Crippen molar-refractivity contribution in [3.63, 3.8) is 0 Å².